The zero-order chi connectivity index (χ0) is 12.7. The van der Waals surface area contributed by atoms with Crippen LogP contribution < -0.4 is 10.5 Å². The van der Waals surface area contributed by atoms with Crippen molar-refractivity contribution < 1.29 is 4.74 Å². The summed E-state index contributed by atoms with van der Waals surface area (Å²) in [5, 5.41) is 0. The van der Waals surface area contributed by atoms with Crippen LogP contribution in [-0.2, 0) is 0 Å². The van der Waals surface area contributed by atoms with Gasteiger partial charge in [0.25, 0.3) is 0 Å². The van der Waals surface area contributed by atoms with Gasteiger partial charge in [-0.05, 0) is 57.2 Å². The minimum Gasteiger partial charge on any atom is -0.494 e. The average Bonchev–Trinajstić information content (AvgIpc) is 2.33. The van der Waals surface area contributed by atoms with Gasteiger partial charge < -0.3 is 10.5 Å². The summed E-state index contributed by atoms with van der Waals surface area (Å²) in [5.41, 5.74) is 8.26. The largest absolute Gasteiger partial charge is 0.494 e. The van der Waals surface area contributed by atoms with Gasteiger partial charge in [-0.1, -0.05) is 24.6 Å². The summed E-state index contributed by atoms with van der Waals surface area (Å²) in [4.78, 5) is 0. The van der Waals surface area contributed by atoms with Crippen molar-refractivity contribution in [3.63, 3.8) is 0 Å². The molecule has 0 heterocycles. The van der Waals surface area contributed by atoms with E-state index in [1.54, 1.807) is 0 Å². The van der Waals surface area contributed by atoms with E-state index in [0.717, 1.165) is 38.2 Å². The number of nitrogens with two attached hydrogens (primary N) is 1. The van der Waals surface area contributed by atoms with Crippen LogP contribution in [0.25, 0.3) is 0 Å². The lowest BCUT2D eigenvalue weighted by Gasteiger charge is -2.19. The van der Waals surface area contributed by atoms with Gasteiger partial charge in [0.1, 0.15) is 5.75 Å². The Bertz CT molecular complexity index is 336. The fourth-order valence-electron chi connectivity index (χ4n) is 2.22. The van der Waals surface area contributed by atoms with E-state index in [2.05, 4.69) is 32.0 Å². The van der Waals surface area contributed by atoms with E-state index in [1.165, 1.54) is 11.1 Å². The van der Waals surface area contributed by atoms with Gasteiger partial charge in [-0.15, -0.1) is 0 Å². The van der Waals surface area contributed by atoms with Crippen LogP contribution in [0.1, 0.15) is 50.2 Å². The maximum Gasteiger partial charge on any atom is 0.122 e. The molecule has 0 aliphatic carbocycles. The van der Waals surface area contributed by atoms with Gasteiger partial charge in [0.05, 0.1) is 6.61 Å². The summed E-state index contributed by atoms with van der Waals surface area (Å²) in [5.74, 6) is 1.61. The Morgan fingerprint density at radius 2 is 2.06 bits per heavy atom. The van der Waals surface area contributed by atoms with Crippen LogP contribution in [-0.4, -0.2) is 13.2 Å². The Balaban J connectivity index is 2.93. The number of hydrogen-bond acceptors (Lipinski definition) is 2. The molecule has 0 aromatic heterocycles. The van der Waals surface area contributed by atoms with Crippen LogP contribution in [0.15, 0.2) is 18.2 Å². The molecule has 2 N–H and O–H groups in total. The number of benzene rings is 1. The lowest BCUT2D eigenvalue weighted by atomic mass is 9.90. The number of rotatable bonds is 7. The first kappa shape index (κ1) is 14.0. The highest BCUT2D eigenvalue weighted by Crippen LogP contribution is 2.33. The second kappa shape index (κ2) is 7.33. The fraction of sp³-hybridized carbons (Fsp3) is 0.600. The normalized spacial score (nSPS) is 12.5. The quantitative estimate of drug-likeness (QED) is 0.783. The first-order chi connectivity index (χ1) is 8.22. The number of hydrogen-bond donors (Lipinski definition) is 1. The highest BCUT2D eigenvalue weighted by molar-refractivity contribution is 5.39. The van der Waals surface area contributed by atoms with Gasteiger partial charge in [-0.25, -0.2) is 0 Å². The van der Waals surface area contributed by atoms with Gasteiger partial charge in [0.15, 0.2) is 0 Å². The molecule has 0 radical (unpaired) electrons. The zero-order valence-corrected chi connectivity index (χ0v) is 11.3. The molecule has 1 rings (SSSR count). The summed E-state index contributed by atoms with van der Waals surface area (Å²) >= 11 is 0. The molecule has 0 spiro atoms. The SMILES string of the molecule is CCOc1ccc(C)cc1C(CC)CCCN. The first-order valence-electron chi connectivity index (χ1n) is 6.66. The van der Waals surface area contributed by atoms with Gasteiger partial charge in [0, 0.05) is 0 Å². The molecule has 96 valence electrons. The summed E-state index contributed by atoms with van der Waals surface area (Å²) in [6.45, 7) is 7.90. The van der Waals surface area contributed by atoms with E-state index in [9.17, 15) is 0 Å². The Labute approximate surface area is 105 Å². The van der Waals surface area contributed by atoms with E-state index < -0.39 is 0 Å². The topological polar surface area (TPSA) is 35.2 Å². The molecule has 1 unspecified atom stereocenters. The predicted molar refractivity (Wildman–Crippen MR) is 73.7 cm³/mol. The molecule has 0 saturated heterocycles. The first-order valence-corrected chi connectivity index (χ1v) is 6.66. The van der Waals surface area contributed by atoms with Crippen molar-refractivity contribution in [1.29, 1.82) is 0 Å². The van der Waals surface area contributed by atoms with Crippen molar-refractivity contribution in [2.45, 2.75) is 46.0 Å². The Morgan fingerprint density at radius 3 is 2.65 bits per heavy atom. The van der Waals surface area contributed by atoms with Crippen LogP contribution in [0.5, 0.6) is 5.75 Å². The van der Waals surface area contributed by atoms with Crippen molar-refractivity contribution in [2.24, 2.45) is 5.73 Å². The minimum absolute atomic E-state index is 0.569. The minimum atomic E-state index is 0.569. The molecule has 1 aromatic rings. The molecule has 0 amide bonds. The van der Waals surface area contributed by atoms with Gasteiger partial charge >= 0.3 is 0 Å². The summed E-state index contributed by atoms with van der Waals surface area (Å²) in [7, 11) is 0. The Hall–Kier alpha value is -1.02. The molecule has 17 heavy (non-hydrogen) atoms. The van der Waals surface area contributed by atoms with Crippen molar-refractivity contribution in [3.05, 3.63) is 29.3 Å². The zero-order valence-electron chi connectivity index (χ0n) is 11.3. The fourth-order valence-corrected chi connectivity index (χ4v) is 2.22. The second-order valence-corrected chi connectivity index (χ2v) is 4.51. The van der Waals surface area contributed by atoms with E-state index in [0.29, 0.717) is 5.92 Å². The second-order valence-electron chi connectivity index (χ2n) is 4.51. The smallest absolute Gasteiger partial charge is 0.122 e. The molecule has 0 saturated carbocycles. The molecule has 2 heteroatoms. The summed E-state index contributed by atoms with van der Waals surface area (Å²) in [6, 6.07) is 6.47. The van der Waals surface area contributed by atoms with Crippen LogP contribution in [0.3, 0.4) is 0 Å². The monoisotopic (exact) mass is 235 g/mol. The highest BCUT2D eigenvalue weighted by Gasteiger charge is 2.14. The van der Waals surface area contributed by atoms with Crippen molar-refractivity contribution >= 4 is 0 Å². The number of ether oxygens (including phenoxy) is 1. The number of aryl methyl sites for hydroxylation is 1. The third-order valence-corrected chi connectivity index (χ3v) is 3.15. The average molecular weight is 235 g/mol. The third kappa shape index (κ3) is 4.04. The molecule has 0 fully saturated rings. The van der Waals surface area contributed by atoms with Gasteiger partial charge in [-0.3, -0.25) is 0 Å². The molecule has 2 nitrogen and oxygen atoms in total. The van der Waals surface area contributed by atoms with Crippen molar-refractivity contribution in [3.8, 4) is 5.75 Å². The lowest BCUT2D eigenvalue weighted by molar-refractivity contribution is 0.332. The third-order valence-electron chi connectivity index (χ3n) is 3.15. The predicted octanol–water partition coefficient (Wildman–Crippen LogP) is 3.63. The van der Waals surface area contributed by atoms with Crippen molar-refractivity contribution in [1.82, 2.24) is 0 Å². The Kier molecular flexibility index (Phi) is 6.06. The standard InChI is InChI=1S/C15H25NO/c1-4-13(7-6-10-16)14-11-12(3)8-9-15(14)17-5-2/h8-9,11,13H,4-7,10,16H2,1-3H3. The van der Waals surface area contributed by atoms with Gasteiger partial charge in [0.2, 0.25) is 0 Å². The maximum atomic E-state index is 5.72. The molecule has 1 atom stereocenters. The van der Waals surface area contributed by atoms with Gasteiger partial charge in [-0.2, -0.15) is 0 Å². The molecule has 0 aliphatic heterocycles. The maximum absolute atomic E-state index is 5.72. The van der Waals surface area contributed by atoms with E-state index in [1.807, 2.05) is 6.92 Å². The van der Waals surface area contributed by atoms with E-state index in [4.69, 9.17) is 10.5 Å². The summed E-state index contributed by atoms with van der Waals surface area (Å²) < 4.78 is 5.72. The lowest BCUT2D eigenvalue weighted by Crippen LogP contribution is -2.06. The molecule has 0 aliphatic rings. The van der Waals surface area contributed by atoms with Crippen LogP contribution >= 0.6 is 0 Å². The van der Waals surface area contributed by atoms with Crippen molar-refractivity contribution in [2.75, 3.05) is 13.2 Å². The van der Waals surface area contributed by atoms with Crippen LogP contribution in [0.2, 0.25) is 0 Å². The molecule has 0 bridgehead atoms. The summed E-state index contributed by atoms with van der Waals surface area (Å²) in [6.07, 6.45) is 3.37. The molecular formula is C15H25NO. The molecule has 1 aromatic carbocycles. The van der Waals surface area contributed by atoms with Crippen LogP contribution in [0, 0.1) is 6.92 Å². The Morgan fingerprint density at radius 1 is 1.29 bits per heavy atom. The van der Waals surface area contributed by atoms with E-state index in [-0.39, 0.29) is 0 Å². The van der Waals surface area contributed by atoms with Crippen LogP contribution in [0.4, 0.5) is 0 Å². The van der Waals surface area contributed by atoms with E-state index >= 15 is 0 Å². The highest BCUT2D eigenvalue weighted by atomic mass is 16.5. The molecular weight excluding hydrogens is 210 g/mol.